The van der Waals surface area contributed by atoms with Crippen molar-refractivity contribution in [3.63, 3.8) is 0 Å². The molecule has 0 saturated heterocycles. The van der Waals surface area contributed by atoms with Crippen molar-refractivity contribution in [3.8, 4) is 5.75 Å². The van der Waals surface area contributed by atoms with E-state index in [9.17, 15) is 13.2 Å². The van der Waals surface area contributed by atoms with Gasteiger partial charge in [-0.3, -0.25) is 4.79 Å². The Morgan fingerprint density at radius 2 is 1.81 bits per heavy atom. The standard InChI is InChI=1S/C19H24N2O4S/c1-3-14(2)17-6-4-5-7-18(17)25-13-19(22)21-12-15-8-10-16(11-9-15)26(20,23)24/h4-11,14H,3,12-13H2,1-2H3,(H,21,22)(H2,20,23,24). The molecule has 6 nitrogen and oxygen atoms in total. The molecule has 1 amide bonds. The van der Waals surface area contributed by atoms with E-state index in [1.165, 1.54) is 12.1 Å². The van der Waals surface area contributed by atoms with Crippen LogP contribution in [0.4, 0.5) is 0 Å². The zero-order valence-electron chi connectivity index (χ0n) is 14.9. The topological polar surface area (TPSA) is 98.5 Å². The van der Waals surface area contributed by atoms with Crippen LogP contribution in [0.5, 0.6) is 5.75 Å². The highest BCUT2D eigenvalue weighted by atomic mass is 32.2. The SMILES string of the molecule is CCC(C)c1ccccc1OCC(=O)NCc1ccc(S(N)(=O)=O)cc1. The van der Waals surface area contributed by atoms with Crippen LogP contribution in [0, 0.1) is 0 Å². The first-order valence-corrected chi connectivity index (χ1v) is 9.96. The Bertz CT molecular complexity index is 848. The van der Waals surface area contributed by atoms with Gasteiger partial charge in [-0.1, -0.05) is 44.2 Å². The summed E-state index contributed by atoms with van der Waals surface area (Å²) in [6.07, 6.45) is 0.987. The molecule has 140 valence electrons. The molecular weight excluding hydrogens is 352 g/mol. The normalized spacial score (nSPS) is 12.4. The number of nitrogens with two attached hydrogens (primary N) is 1. The number of nitrogens with one attached hydrogen (secondary N) is 1. The van der Waals surface area contributed by atoms with Crippen LogP contribution in [0.1, 0.15) is 37.3 Å². The minimum Gasteiger partial charge on any atom is -0.483 e. The predicted molar refractivity (Wildman–Crippen MR) is 100 cm³/mol. The lowest BCUT2D eigenvalue weighted by Gasteiger charge is -2.15. The number of carbonyl (C=O) groups excluding carboxylic acids is 1. The third-order valence-corrected chi connectivity index (χ3v) is 5.09. The molecule has 1 atom stereocenters. The van der Waals surface area contributed by atoms with Crippen molar-refractivity contribution in [2.45, 2.75) is 37.6 Å². The molecule has 0 radical (unpaired) electrons. The Labute approximate surface area is 154 Å². The van der Waals surface area contributed by atoms with Gasteiger partial charge in [-0.15, -0.1) is 0 Å². The number of ether oxygens (including phenoxy) is 1. The van der Waals surface area contributed by atoms with Crippen LogP contribution in [-0.2, 0) is 21.4 Å². The molecule has 0 bridgehead atoms. The van der Waals surface area contributed by atoms with Gasteiger partial charge in [0, 0.05) is 6.54 Å². The number of benzene rings is 2. The van der Waals surface area contributed by atoms with E-state index in [2.05, 4.69) is 19.2 Å². The van der Waals surface area contributed by atoms with Crippen LogP contribution in [0.2, 0.25) is 0 Å². The van der Waals surface area contributed by atoms with E-state index in [1.807, 2.05) is 24.3 Å². The number of sulfonamides is 1. The highest BCUT2D eigenvalue weighted by Gasteiger charge is 2.11. The molecule has 7 heteroatoms. The van der Waals surface area contributed by atoms with Gasteiger partial charge in [0.1, 0.15) is 5.75 Å². The Hall–Kier alpha value is -2.38. The van der Waals surface area contributed by atoms with Crippen LogP contribution in [0.15, 0.2) is 53.4 Å². The summed E-state index contributed by atoms with van der Waals surface area (Å²) in [6, 6.07) is 13.8. The van der Waals surface area contributed by atoms with Crippen molar-refractivity contribution in [2.24, 2.45) is 5.14 Å². The predicted octanol–water partition coefficient (Wildman–Crippen LogP) is 2.54. The van der Waals surface area contributed by atoms with E-state index >= 15 is 0 Å². The Morgan fingerprint density at radius 1 is 1.15 bits per heavy atom. The van der Waals surface area contributed by atoms with E-state index < -0.39 is 10.0 Å². The first-order valence-electron chi connectivity index (χ1n) is 8.41. The van der Waals surface area contributed by atoms with Crippen LogP contribution in [0.25, 0.3) is 0 Å². The van der Waals surface area contributed by atoms with Crippen molar-refractivity contribution in [1.82, 2.24) is 5.32 Å². The monoisotopic (exact) mass is 376 g/mol. The molecule has 3 N–H and O–H groups in total. The summed E-state index contributed by atoms with van der Waals surface area (Å²) in [6.45, 7) is 4.42. The molecule has 2 aromatic rings. The van der Waals surface area contributed by atoms with Gasteiger partial charge >= 0.3 is 0 Å². The second-order valence-corrected chi connectivity index (χ2v) is 7.66. The van der Waals surface area contributed by atoms with E-state index in [0.717, 1.165) is 23.3 Å². The van der Waals surface area contributed by atoms with Crippen LogP contribution < -0.4 is 15.2 Å². The second kappa shape index (κ2) is 8.82. The fourth-order valence-electron chi connectivity index (χ4n) is 2.43. The fraction of sp³-hybridized carbons (Fsp3) is 0.316. The average Bonchev–Trinajstić information content (AvgIpc) is 2.64. The number of amides is 1. The third kappa shape index (κ3) is 5.57. The van der Waals surface area contributed by atoms with Gasteiger partial charge in [0.05, 0.1) is 4.90 Å². The number of hydrogen-bond donors (Lipinski definition) is 2. The summed E-state index contributed by atoms with van der Waals surface area (Å²) >= 11 is 0. The molecule has 0 aliphatic heterocycles. The molecule has 2 aromatic carbocycles. The largest absolute Gasteiger partial charge is 0.483 e. The molecule has 0 fully saturated rings. The van der Waals surface area contributed by atoms with Crippen molar-refractivity contribution in [1.29, 1.82) is 0 Å². The highest BCUT2D eigenvalue weighted by Crippen LogP contribution is 2.28. The molecule has 0 aliphatic rings. The summed E-state index contributed by atoms with van der Waals surface area (Å²) in [4.78, 5) is 12.1. The summed E-state index contributed by atoms with van der Waals surface area (Å²) in [5, 5.41) is 7.80. The van der Waals surface area contributed by atoms with Crippen LogP contribution in [-0.4, -0.2) is 20.9 Å². The zero-order chi connectivity index (χ0) is 19.2. The van der Waals surface area contributed by atoms with Crippen LogP contribution in [0.3, 0.4) is 0 Å². The van der Waals surface area contributed by atoms with Gasteiger partial charge in [0.25, 0.3) is 5.91 Å². The lowest BCUT2D eigenvalue weighted by molar-refractivity contribution is -0.123. The maximum absolute atomic E-state index is 12.0. The molecule has 26 heavy (non-hydrogen) atoms. The fourth-order valence-corrected chi connectivity index (χ4v) is 2.95. The number of rotatable bonds is 8. The molecule has 0 aliphatic carbocycles. The number of carbonyl (C=O) groups is 1. The highest BCUT2D eigenvalue weighted by molar-refractivity contribution is 7.89. The minimum absolute atomic E-state index is 0.0394. The van der Waals surface area contributed by atoms with Gasteiger partial charge in [-0.25, -0.2) is 13.6 Å². The van der Waals surface area contributed by atoms with E-state index in [0.29, 0.717) is 5.92 Å². The molecule has 0 heterocycles. The number of hydrogen-bond acceptors (Lipinski definition) is 4. The lowest BCUT2D eigenvalue weighted by Crippen LogP contribution is -2.28. The summed E-state index contributed by atoms with van der Waals surface area (Å²) in [7, 11) is -3.71. The first-order chi connectivity index (χ1) is 12.3. The Kier molecular flexibility index (Phi) is 6.76. The van der Waals surface area contributed by atoms with Crippen molar-refractivity contribution >= 4 is 15.9 Å². The van der Waals surface area contributed by atoms with E-state index in [-0.39, 0.29) is 24.0 Å². The lowest BCUT2D eigenvalue weighted by atomic mass is 9.98. The number of primary sulfonamides is 1. The molecule has 1 unspecified atom stereocenters. The van der Waals surface area contributed by atoms with Gasteiger partial charge in [0.2, 0.25) is 10.0 Å². The zero-order valence-corrected chi connectivity index (χ0v) is 15.8. The molecule has 0 aromatic heterocycles. The summed E-state index contributed by atoms with van der Waals surface area (Å²) in [5.41, 5.74) is 1.85. The molecular formula is C19H24N2O4S. The van der Waals surface area contributed by atoms with Gasteiger partial charge in [-0.05, 0) is 41.7 Å². The molecule has 0 spiro atoms. The smallest absolute Gasteiger partial charge is 0.258 e. The van der Waals surface area contributed by atoms with Crippen molar-refractivity contribution in [2.75, 3.05) is 6.61 Å². The first kappa shape index (κ1) is 19.9. The molecule has 2 rings (SSSR count). The minimum atomic E-state index is -3.71. The Morgan fingerprint density at radius 3 is 2.42 bits per heavy atom. The maximum atomic E-state index is 12.0. The second-order valence-electron chi connectivity index (χ2n) is 6.10. The van der Waals surface area contributed by atoms with E-state index in [1.54, 1.807) is 12.1 Å². The van der Waals surface area contributed by atoms with Crippen LogP contribution >= 0.6 is 0 Å². The van der Waals surface area contributed by atoms with Gasteiger partial charge in [0.15, 0.2) is 6.61 Å². The van der Waals surface area contributed by atoms with Gasteiger partial charge < -0.3 is 10.1 Å². The summed E-state index contributed by atoms with van der Waals surface area (Å²) < 4.78 is 28.1. The van der Waals surface area contributed by atoms with Gasteiger partial charge in [-0.2, -0.15) is 0 Å². The quantitative estimate of drug-likeness (QED) is 0.740. The third-order valence-electron chi connectivity index (χ3n) is 4.16. The van der Waals surface area contributed by atoms with Crippen molar-refractivity contribution in [3.05, 3.63) is 59.7 Å². The Balaban J connectivity index is 1.88. The average molecular weight is 376 g/mol. The molecule has 0 saturated carbocycles. The number of para-hydroxylation sites is 1. The summed E-state index contributed by atoms with van der Waals surface area (Å²) in [5.74, 6) is 0.820. The maximum Gasteiger partial charge on any atom is 0.258 e. The van der Waals surface area contributed by atoms with E-state index in [4.69, 9.17) is 9.88 Å². The van der Waals surface area contributed by atoms with Crippen molar-refractivity contribution < 1.29 is 17.9 Å².